The molecule has 11 heteroatoms. The number of amides is 1. The first kappa shape index (κ1) is 33.2. The summed E-state index contributed by atoms with van der Waals surface area (Å²) in [4.78, 5) is 12.9. The number of ether oxygens (including phenoxy) is 3. The Kier molecular flexibility index (Phi) is 11.2. The second-order valence-corrected chi connectivity index (χ2v) is 11.4. The van der Waals surface area contributed by atoms with Crippen LogP contribution in [0.1, 0.15) is 36.1 Å². The van der Waals surface area contributed by atoms with Gasteiger partial charge in [0, 0.05) is 5.56 Å². The van der Waals surface area contributed by atoms with Crippen LogP contribution in [0.25, 0.3) is 17.1 Å². The maximum absolute atomic E-state index is 13.2. The first-order valence-electron chi connectivity index (χ1n) is 15.1. The first-order chi connectivity index (χ1) is 22.9. The van der Waals surface area contributed by atoms with Gasteiger partial charge < -0.3 is 14.2 Å². The van der Waals surface area contributed by atoms with E-state index >= 15 is 0 Å². The molecule has 1 heterocycles. The Morgan fingerprint density at radius 3 is 2.30 bits per heavy atom. The van der Waals surface area contributed by atoms with Gasteiger partial charge >= 0.3 is 0 Å². The van der Waals surface area contributed by atoms with E-state index in [9.17, 15) is 9.18 Å². The van der Waals surface area contributed by atoms with E-state index in [1.807, 2.05) is 28.8 Å². The van der Waals surface area contributed by atoms with Gasteiger partial charge in [-0.15, -0.1) is 10.2 Å². The Hall–Kier alpha value is -5.16. The minimum Gasteiger partial charge on any atom is -0.497 e. The maximum atomic E-state index is 13.2. The van der Waals surface area contributed by atoms with E-state index < -0.39 is 0 Å². The molecule has 0 atom stereocenters. The summed E-state index contributed by atoms with van der Waals surface area (Å²) >= 11 is 1.29. The highest BCUT2D eigenvalue weighted by atomic mass is 32.2. The Labute approximate surface area is 277 Å². The van der Waals surface area contributed by atoms with Crippen LogP contribution in [0.4, 0.5) is 4.39 Å². The molecule has 1 aromatic heterocycles. The summed E-state index contributed by atoms with van der Waals surface area (Å²) in [6.07, 6.45) is 3.19. The van der Waals surface area contributed by atoms with Crippen LogP contribution in [0.2, 0.25) is 0 Å². The van der Waals surface area contributed by atoms with E-state index in [2.05, 4.69) is 52.8 Å². The van der Waals surface area contributed by atoms with Crippen LogP contribution >= 0.6 is 11.8 Å². The van der Waals surface area contributed by atoms with E-state index in [1.54, 1.807) is 44.6 Å². The normalized spacial score (nSPS) is 11.1. The van der Waals surface area contributed by atoms with Crippen LogP contribution in [0.5, 0.6) is 17.2 Å². The molecule has 5 rings (SSSR count). The van der Waals surface area contributed by atoms with Crippen molar-refractivity contribution in [3.63, 3.8) is 0 Å². The van der Waals surface area contributed by atoms with Gasteiger partial charge in [-0.25, -0.2) is 9.82 Å². The lowest BCUT2D eigenvalue weighted by Crippen LogP contribution is -2.20. The monoisotopic (exact) mass is 653 g/mol. The van der Waals surface area contributed by atoms with Gasteiger partial charge in [-0.2, -0.15) is 5.10 Å². The number of benzene rings is 4. The number of carbonyl (C=O) groups is 1. The standard InChI is InChI=1S/C36H36FN5O4S/c1-5-26-8-7-9-27(6-2)34(26)42-35(28-13-17-30(44-3)18-14-28)40-41-36(42)47-23-33(43)39-38-21-25-12-19-31(32(20-25)45-4)46-22-24-10-15-29(37)16-11-24/h7-21H,5-6,22-23H2,1-4H3,(H,39,43). The van der Waals surface area contributed by atoms with Crippen LogP contribution in [0.15, 0.2) is 95.2 Å². The first-order valence-corrected chi connectivity index (χ1v) is 16.1. The predicted molar refractivity (Wildman–Crippen MR) is 182 cm³/mol. The van der Waals surface area contributed by atoms with Gasteiger partial charge in [0.1, 0.15) is 18.2 Å². The molecule has 0 fully saturated rings. The van der Waals surface area contributed by atoms with Gasteiger partial charge in [0.25, 0.3) is 5.91 Å². The van der Waals surface area contributed by atoms with Crippen molar-refractivity contribution in [2.45, 2.75) is 38.5 Å². The third kappa shape index (κ3) is 8.17. The van der Waals surface area contributed by atoms with Crippen molar-refractivity contribution in [3.8, 4) is 34.3 Å². The van der Waals surface area contributed by atoms with Crippen molar-refractivity contribution in [2.24, 2.45) is 5.10 Å². The second-order valence-electron chi connectivity index (χ2n) is 10.4. The smallest absolute Gasteiger partial charge is 0.250 e. The van der Waals surface area contributed by atoms with Crippen LogP contribution in [0.3, 0.4) is 0 Å². The molecule has 47 heavy (non-hydrogen) atoms. The molecule has 4 aromatic carbocycles. The Bertz CT molecular complexity index is 1820. The molecule has 0 saturated carbocycles. The lowest BCUT2D eigenvalue weighted by molar-refractivity contribution is -0.118. The number of thioether (sulfide) groups is 1. The lowest BCUT2D eigenvalue weighted by Gasteiger charge is -2.18. The molecule has 0 aliphatic heterocycles. The molecule has 0 radical (unpaired) electrons. The number of hydrazone groups is 1. The van der Waals surface area contributed by atoms with Gasteiger partial charge in [-0.1, -0.05) is 55.9 Å². The van der Waals surface area contributed by atoms with Crippen molar-refractivity contribution < 1.29 is 23.4 Å². The number of rotatable bonds is 14. The average Bonchev–Trinajstić information content (AvgIpc) is 3.53. The third-order valence-electron chi connectivity index (χ3n) is 7.40. The van der Waals surface area contributed by atoms with Gasteiger partial charge in [0.05, 0.1) is 31.9 Å². The topological polar surface area (TPSA) is 99.9 Å². The zero-order valence-electron chi connectivity index (χ0n) is 26.7. The molecule has 242 valence electrons. The molecule has 1 N–H and O–H groups in total. The summed E-state index contributed by atoms with van der Waals surface area (Å²) < 4.78 is 31.9. The van der Waals surface area contributed by atoms with Crippen LogP contribution in [-0.2, 0) is 24.2 Å². The molecule has 0 bridgehead atoms. The number of aromatic nitrogens is 3. The quantitative estimate of drug-likeness (QED) is 0.0780. The second kappa shape index (κ2) is 15.9. The van der Waals surface area contributed by atoms with Crippen LogP contribution in [0, 0.1) is 5.82 Å². The fourth-order valence-corrected chi connectivity index (χ4v) is 5.69. The summed E-state index contributed by atoms with van der Waals surface area (Å²) in [5.74, 6) is 1.95. The summed E-state index contributed by atoms with van der Waals surface area (Å²) in [5, 5.41) is 13.8. The number of nitrogens with zero attached hydrogens (tertiary/aromatic N) is 4. The van der Waals surface area contributed by atoms with Crippen molar-refractivity contribution in [3.05, 3.63) is 113 Å². The minimum absolute atomic E-state index is 0.0767. The molecule has 0 aliphatic carbocycles. The molecule has 0 aliphatic rings. The van der Waals surface area contributed by atoms with Gasteiger partial charge in [-0.3, -0.25) is 9.36 Å². The number of aryl methyl sites for hydroxylation is 2. The Balaban J connectivity index is 1.28. The lowest BCUT2D eigenvalue weighted by atomic mass is 10.0. The largest absolute Gasteiger partial charge is 0.497 e. The summed E-state index contributed by atoms with van der Waals surface area (Å²) in [5.41, 5.74) is 8.38. The highest BCUT2D eigenvalue weighted by molar-refractivity contribution is 7.99. The van der Waals surface area contributed by atoms with E-state index in [-0.39, 0.29) is 24.1 Å². The number of methoxy groups -OCH3 is 2. The predicted octanol–water partition coefficient (Wildman–Crippen LogP) is 7.04. The molecule has 9 nitrogen and oxygen atoms in total. The maximum Gasteiger partial charge on any atom is 0.250 e. The highest BCUT2D eigenvalue weighted by Crippen LogP contribution is 2.33. The molecular weight excluding hydrogens is 617 g/mol. The molecule has 0 saturated heterocycles. The highest BCUT2D eigenvalue weighted by Gasteiger charge is 2.21. The van der Waals surface area contributed by atoms with E-state index in [4.69, 9.17) is 14.2 Å². The van der Waals surface area contributed by atoms with Crippen molar-refractivity contribution in [2.75, 3.05) is 20.0 Å². The van der Waals surface area contributed by atoms with Crippen LogP contribution < -0.4 is 19.6 Å². The average molecular weight is 654 g/mol. The number of hydrogen-bond donors (Lipinski definition) is 1. The molecule has 1 amide bonds. The number of halogens is 1. The molecule has 0 unspecified atom stereocenters. The molecular formula is C36H36FN5O4S. The van der Waals surface area contributed by atoms with Crippen molar-refractivity contribution in [1.82, 2.24) is 20.2 Å². The van der Waals surface area contributed by atoms with E-state index in [0.29, 0.717) is 28.0 Å². The SMILES string of the molecule is CCc1cccc(CC)c1-n1c(SCC(=O)NN=Cc2ccc(OCc3ccc(F)cc3)c(OC)c2)nnc1-c1ccc(OC)cc1. The fourth-order valence-electron chi connectivity index (χ4n) is 4.96. The van der Waals surface area contributed by atoms with Gasteiger partial charge in [0.15, 0.2) is 22.5 Å². The number of para-hydroxylation sites is 1. The minimum atomic E-state index is -0.300. The summed E-state index contributed by atoms with van der Waals surface area (Å²) in [6.45, 7) is 4.51. The van der Waals surface area contributed by atoms with Crippen molar-refractivity contribution >= 4 is 23.9 Å². The van der Waals surface area contributed by atoms with Gasteiger partial charge in [0.2, 0.25) is 0 Å². The molecule has 5 aromatic rings. The number of nitrogens with one attached hydrogen (secondary N) is 1. The van der Waals surface area contributed by atoms with E-state index in [1.165, 1.54) is 30.1 Å². The van der Waals surface area contributed by atoms with Crippen molar-refractivity contribution in [1.29, 1.82) is 0 Å². The number of carbonyl (C=O) groups excluding carboxylic acids is 1. The number of hydrogen-bond acceptors (Lipinski definition) is 8. The fraction of sp³-hybridized carbons (Fsp3) is 0.222. The zero-order valence-corrected chi connectivity index (χ0v) is 27.5. The Morgan fingerprint density at radius 1 is 0.915 bits per heavy atom. The molecule has 0 spiro atoms. The summed E-state index contributed by atoms with van der Waals surface area (Å²) in [7, 11) is 3.18. The third-order valence-corrected chi connectivity index (χ3v) is 8.33. The Morgan fingerprint density at radius 2 is 1.64 bits per heavy atom. The zero-order chi connectivity index (χ0) is 33.2. The van der Waals surface area contributed by atoms with E-state index in [0.717, 1.165) is 46.5 Å². The van der Waals surface area contributed by atoms with Crippen LogP contribution in [-0.4, -0.2) is 46.9 Å². The summed E-state index contributed by atoms with van der Waals surface area (Å²) in [6, 6.07) is 25.4. The van der Waals surface area contributed by atoms with Gasteiger partial charge in [-0.05, 0) is 89.7 Å².